The SMILES string of the molecule is CCN(c1c[c]ccc1N(C)C)C(C)C. The first kappa shape index (κ1) is 11.9. The lowest BCUT2D eigenvalue weighted by atomic mass is 10.2. The lowest BCUT2D eigenvalue weighted by molar-refractivity contribution is 0.703. The molecule has 1 aromatic carbocycles. The molecule has 15 heavy (non-hydrogen) atoms. The van der Waals surface area contributed by atoms with Crippen molar-refractivity contribution in [1.82, 2.24) is 0 Å². The highest BCUT2D eigenvalue weighted by Crippen LogP contribution is 2.28. The molecule has 0 aliphatic heterocycles. The van der Waals surface area contributed by atoms with Crippen molar-refractivity contribution in [3.05, 3.63) is 24.3 Å². The van der Waals surface area contributed by atoms with Crippen molar-refractivity contribution in [3.8, 4) is 0 Å². The van der Waals surface area contributed by atoms with Gasteiger partial charge in [0.2, 0.25) is 0 Å². The molecule has 0 unspecified atom stereocenters. The second-order valence-corrected chi connectivity index (χ2v) is 4.19. The van der Waals surface area contributed by atoms with Gasteiger partial charge < -0.3 is 9.80 Å². The Bertz CT molecular complexity index is 305. The minimum absolute atomic E-state index is 0.518. The molecule has 0 N–H and O–H groups in total. The van der Waals surface area contributed by atoms with Crippen LogP contribution >= 0.6 is 0 Å². The van der Waals surface area contributed by atoms with Crippen LogP contribution in [0.2, 0.25) is 0 Å². The van der Waals surface area contributed by atoms with E-state index < -0.39 is 0 Å². The molecule has 0 saturated heterocycles. The van der Waals surface area contributed by atoms with Gasteiger partial charge in [-0.2, -0.15) is 0 Å². The van der Waals surface area contributed by atoms with Crippen LogP contribution in [0.3, 0.4) is 0 Å². The zero-order valence-corrected chi connectivity index (χ0v) is 10.4. The fraction of sp³-hybridized carbons (Fsp3) is 0.538. The molecule has 0 atom stereocenters. The Kier molecular flexibility index (Phi) is 4.01. The van der Waals surface area contributed by atoms with E-state index in [9.17, 15) is 0 Å². The lowest BCUT2D eigenvalue weighted by Gasteiger charge is -2.31. The highest BCUT2D eigenvalue weighted by atomic mass is 15.2. The number of rotatable bonds is 4. The molecule has 1 aromatic rings. The third-order valence-electron chi connectivity index (χ3n) is 2.58. The van der Waals surface area contributed by atoms with Gasteiger partial charge in [0, 0.05) is 26.7 Å². The van der Waals surface area contributed by atoms with Crippen molar-refractivity contribution in [2.45, 2.75) is 26.8 Å². The first-order valence-corrected chi connectivity index (χ1v) is 5.52. The first-order chi connectivity index (χ1) is 7.07. The van der Waals surface area contributed by atoms with Crippen LogP contribution in [0.4, 0.5) is 11.4 Å². The Hall–Kier alpha value is -1.18. The maximum Gasteiger partial charge on any atom is 0.0612 e. The average Bonchev–Trinajstić information content (AvgIpc) is 2.18. The maximum atomic E-state index is 3.16. The molecule has 0 aromatic heterocycles. The van der Waals surface area contributed by atoms with Crippen molar-refractivity contribution in [1.29, 1.82) is 0 Å². The van der Waals surface area contributed by atoms with E-state index in [1.54, 1.807) is 0 Å². The summed E-state index contributed by atoms with van der Waals surface area (Å²) in [5.41, 5.74) is 2.52. The number of benzene rings is 1. The second-order valence-electron chi connectivity index (χ2n) is 4.19. The van der Waals surface area contributed by atoms with E-state index in [2.05, 4.69) is 62.9 Å². The van der Waals surface area contributed by atoms with E-state index in [4.69, 9.17) is 0 Å². The minimum atomic E-state index is 0.518. The summed E-state index contributed by atoms with van der Waals surface area (Å²) in [6, 6.07) is 9.82. The molecule has 0 heterocycles. The summed E-state index contributed by atoms with van der Waals surface area (Å²) in [6.45, 7) is 7.65. The fourth-order valence-corrected chi connectivity index (χ4v) is 1.84. The van der Waals surface area contributed by atoms with Gasteiger partial charge in [0.15, 0.2) is 0 Å². The quantitative estimate of drug-likeness (QED) is 0.745. The van der Waals surface area contributed by atoms with E-state index >= 15 is 0 Å². The molecular formula is C13H21N2. The van der Waals surface area contributed by atoms with Crippen LogP contribution in [-0.2, 0) is 0 Å². The Labute approximate surface area is 93.5 Å². The van der Waals surface area contributed by atoms with Crippen molar-refractivity contribution >= 4 is 11.4 Å². The molecular weight excluding hydrogens is 184 g/mol. The van der Waals surface area contributed by atoms with E-state index in [1.807, 2.05) is 6.07 Å². The van der Waals surface area contributed by atoms with Gasteiger partial charge in [0.05, 0.1) is 11.4 Å². The van der Waals surface area contributed by atoms with Crippen LogP contribution in [0.5, 0.6) is 0 Å². The highest BCUT2D eigenvalue weighted by Gasteiger charge is 2.12. The summed E-state index contributed by atoms with van der Waals surface area (Å²) >= 11 is 0. The smallest absolute Gasteiger partial charge is 0.0612 e. The number of hydrogen-bond donors (Lipinski definition) is 0. The van der Waals surface area contributed by atoms with Gasteiger partial charge >= 0.3 is 0 Å². The molecule has 2 nitrogen and oxygen atoms in total. The summed E-state index contributed by atoms with van der Waals surface area (Å²) in [5.74, 6) is 0. The van der Waals surface area contributed by atoms with Gasteiger partial charge in [-0.3, -0.25) is 0 Å². The summed E-state index contributed by atoms with van der Waals surface area (Å²) < 4.78 is 0. The van der Waals surface area contributed by atoms with Crippen LogP contribution in [0, 0.1) is 6.07 Å². The Balaban J connectivity index is 3.11. The van der Waals surface area contributed by atoms with E-state index in [1.165, 1.54) is 11.4 Å². The minimum Gasteiger partial charge on any atom is -0.376 e. The molecule has 1 rings (SSSR count). The molecule has 83 valence electrons. The van der Waals surface area contributed by atoms with Crippen LogP contribution in [0.25, 0.3) is 0 Å². The third-order valence-corrected chi connectivity index (χ3v) is 2.58. The lowest BCUT2D eigenvalue weighted by Crippen LogP contribution is -2.31. The van der Waals surface area contributed by atoms with Gasteiger partial charge in [-0.1, -0.05) is 6.07 Å². The molecule has 0 saturated carbocycles. The Morgan fingerprint density at radius 2 is 1.93 bits per heavy atom. The average molecular weight is 205 g/mol. The topological polar surface area (TPSA) is 6.48 Å². The predicted octanol–water partition coefficient (Wildman–Crippen LogP) is 2.79. The van der Waals surface area contributed by atoms with Gasteiger partial charge in [-0.05, 0) is 39.0 Å². The largest absolute Gasteiger partial charge is 0.376 e. The van der Waals surface area contributed by atoms with Gasteiger partial charge in [0.1, 0.15) is 0 Å². The molecule has 1 radical (unpaired) electrons. The monoisotopic (exact) mass is 205 g/mol. The Morgan fingerprint density at radius 3 is 2.40 bits per heavy atom. The fourth-order valence-electron chi connectivity index (χ4n) is 1.84. The van der Waals surface area contributed by atoms with Crippen LogP contribution in [0.1, 0.15) is 20.8 Å². The molecule has 0 spiro atoms. The van der Waals surface area contributed by atoms with Crippen LogP contribution < -0.4 is 9.80 Å². The summed E-state index contributed by atoms with van der Waals surface area (Å²) in [4.78, 5) is 4.53. The summed E-state index contributed by atoms with van der Waals surface area (Å²) in [5, 5.41) is 0. The van der Waals surface area contributed by atoms with Gasteiger partial charge in [-0.25, -0.2) is 0 Å². The van der Waals surface area contributed by atoms with Crippen LogP contribution in [0.15, 0.2) is 18.2 Å². The van der Waals surface area contributed by atoms with Gasteiger partial charge in [0.25, 0.3) is 0 Å². The number of nitrogens with zero attached hydrogens (tertiary/aromatic N) is 2. The van der Waals surface area contributed by atoms with Crippen molar-refractivity contribution in [2.24, 2.45) is 0 Å². The molecule has 0 amide bonds. The predicted molar refractivity (Wildman–Crippen MR) is 67.8 cm³/mol. The first-order valence-electron chi connectivity index (χ1n) is 5.52. The highest BCUT2D eigenvalue weighted by molar-refractivity contribution is 5.70. The van der Waals surface area contributed by atoms with Crippen molar-refractivity contribution < 1.29 is 0 Å². The second kappa shape index (κ2) is 5.06. The normalized spacial score (nSPS) is 10.5. The molecule has 0 aliphatic carbocycles. The number of hydrogen-bond acceptors (Lipinski definition) is 2. The zero-order valence-electron chi connectivity index (χ0n) is 10.4. The molecule has 2 heteroatoms. The van der Waals surface area contributed by atoms with E-state index in [0.29, 0.717) is 6.04 Å². The molecule has 0 fully saturated rings. The zero-order chi connectivity index (χ0) is 11.4. The summed E-state index contributed by atoms with van der Waals surface area (Å²) in [7, 11) is 4.15. The number of anilines is 2. The van der Waals surface area contributed by atoms with Crippen molar-refractivity contribution in [2.75, 3.05) is 30.4 Å². The van der Waals surface area contributed by atoms with Crippen LogP contribution in [-0.4, -0.2) is 26.7 Å². The van der Waals surface area contributed by atoms with Gasteiger partial charge in [-0.15, -0.1) is 0 Å². The summed E-state index contributed by atoms with van der Waals surface area (Å²) in [6.07, 6.45) is 0. The van der Waals surface area contributed by atoms with E-state index in [0.717, 1.165) is 6.54 Å². The third kappa shape index (κ3) is 2.65. The maximum absolute atomic E-state index is 3.16. The van der Waals surface area contributed by atoms with E-state index in [-0.39, 0.29) is 0 Å². The Morgan fingerprint density at radius 1 is 1.27 bits per heavy atom. The molecule has 0 bridgehead atoms. The standard InChI is InChI=1S/C13H21N2/c1-6-15(11(2)3)13-10-8-7-9-12(13)14(4)5/h7,9-11H,6H2,1-5H3. The van der Waals surface area contributed by atoms with Crippen molar-refractivity contribution in [3.63, 3.8) is 0 Å². The molecule has 0 aliphatic rings.